The second-order valence-corrected chi connectivity index (χ2v) is 3.84. The topological polar surface area (TPSA) is 50.4 Å². The summed E-state index contributed by atoms with van der Waals surface area (Å²) in [5, 5.41) is 6.12. The molecular weight excluding hydrogens is 180 g/mol. The number of carbonyl (C=O) groups is 1. The first kappa shape index (κ1) is 11.5. The fraction of sp³-hybridized carbons (Fsp3) is 0.900. The van der Waals surface area contributed by atoms with Crippen LogP contribution in [0.3, 0.4) is 0 Å². The molecule has 1 atom stereocenters. The minimum absolute atomic E-state index is 0.157. The first-order valence-corrected chi connectivity index (χ1v) is 5.25. The highest BCUT2D eigenvalue weighted by atomic mass is 16.5. The van der Waals surface area contributed by atoms with Crippen LogP contribution >= 0.6 is 0 Å². The van der Waals surface area contributed by atoms with Gasteiger partial charge in [-0.25, -0.2) is 0 Å². The number of nitrogens with one attached hydrogen (secondary N) is 2. The van der Waals surface area contributed by atoms with Crippen molar-refractivity contribution in [2.75, 3.05) is 20.2 Å². The smallest absolute Gasteiger partial charge is 0.221 e. The van der Waals surface area contributed by atoms with E-state index in [-0.39, 0.29) is 12.0 Å². The molecule has 0 aromatic heterocycles. The maximum Gasteiger partial charge on any atom is 0.221 e. The summed E-state index contributed by atoms with van der Waals surface area (Å²) in [4.78, 5) is 11.2. The number of hydrogen-bond acceptors (Lipinski definition) is 3. The van der Waals surface area contributed by atoms with Crippen molar-refractivity contribution in [3.05, 3.63) is 0 Å². The Labute approximate surface area is 85.4 Å². The van der Waals surface area contributed by atoms with Crippen molar-refractivity contribution in [1.82, 2.24) is 10.6 Å². The van der Waals surface area contributed by atoms with Gasteiger partial charge in [0.15, 0.2) is 0 Å². The molecule has 1 rings (SSSR count). The molecule has 0 bridgehead atoms. The molecule has 1 fully saturated rings. The van der Waals surface area contributed by atoms with Crippen molar-refractivity contribution in [3.8, 4) is 0 Å². The monoisotopic (exact) mass is 200 g/mol. The largest absolute Gasteiger partial charge is 0.380 e. The first-order valence-electron chi connectivity index (χ1n) is 5.25. The second-order valence-electron chi connectivity index (χ2n) is 3.84. The Kier molecular flexibility index (Phi) is 4.90. The van der Waals surface area contributed by atoms with Crippen LogP contribution in [0.5, 0.6) is 0 Å². The normalized spacial score (nSPS) is 17.9. The summed E-state index contributed by atoms with van der Waals surface area (Å²) in [5.74, 6) is 0.157. The van der Waals surface area contributed by atoms with Crippen LogP contribution < -0.4 is 10.6 Å². The van der Waals surface area contributed by atoms with Crippen molar-refractivity contribution in [2.45, 2.75) is 38.3 Å². The molecule has 14 heavy (non-hydrogen) atoms. The second kappa shape index (κ2) is 5.98. The first-order chi connectivity index (χ1) is 6.72. The van der Waals surface area contributed by atoms with Gasteiger partial charge in [0.2, 0.25) is 5.91 Å². The molecule has 2 N–H and O–H groups in total. The third-order valence-corrected chi connectivity index (χ3v) is 2.31. The zero-order valence-corrected chi connectivity index (χ0v) is 9.01. The molecule has 4 heteroatoms. The van der Waals surface area contributed by atoms with E-state index in [1.165, 1.54) is 0 Å². The van der Waals surface area contributed by atoms with Crippen LogP contribution in [0.15, 0.2) is 0 Å². The average Bonchev–Trinajstić information content (AvgIpc) is 2.95. The molecule has 0 spiro atoms. The van der Waals surface area contributed by atoms with Gasteiger partial charge in [0.05, 0.1) is 6.10 Å². The van der Waals surface area contributed by atoms with Gasteiger partial charge in [0.1, 0.15) is 0 Å². The summed E-state index contributed by atoms with van der Waals surface area (Å²) in [6.45, 7) is 3.52. The quantitative estimate of drug-likeness (QED) is 0.580. The van der Waals surface area contributed by atoms with Gasteiger partial charge in [0.25, 0.3) is 0 Å². The SMILES string of the molecule is COC(C)CNCCC(=O)NC1CC1. The van der Waals surface area contributed by atoms with Gasteiger partial charge in [-0.3, -0.25) is 4.79 Å². The van der Waals surface area contributed by atoms with E-state index in [0.29, 0.717) is 12.5 Å². The fourth-order valence-electron chi connectivity index (χ4n) is 1.12. The number of carbonyl (C=O) groups excluding carboxylic acids is 1. The molecule has 1 unspecified atom stereocenters. The molecule has 0 heterocycles. The van der Waals surface area contributed by atoms with Gasteiger partial charge in [-0.05, 0) is 19.8 Å². The minimum Gasteiger partial charge on any atom is -0.380 e. The summed E-state index contributed by atoms with van der Waals surface area (Å²) in [6.07, 6.45) is 3.08. The standard InChI is InChI=1S/C10H20N2O2/c1-8(14-2)7-11-6-5-10(13)12-9-3-4-9/h8-9,11H,3-7H2,1-2H3,(H,12,13). The number of ether oxygens (including phenoxy) is 1. The van der Waals surface area contributed by atoms with Crippen molar-refractivity contribution >= 4 is 5.91 Å². The highest BCUT2D eigenvalue weighted by Gasteiger charge is 2.22. The third-order valence-electron chi connectivity index (χ3n) is 2.31. The van der Waals surface area contributed by atoms with Gasteiger partial charge in [0, 0.05) is 32.7 Å². The molecule has 4 nitrogen and oxygen atoms in total. The minimum atomic E-state index is 0.157. The lowest BCUT2D eigenvalue weighted by atomic mass is 10.3. The van der Waals surface area contributed by atoms with Crippen LogP contribution in [0, 0.1) is 0 Å². The van der Waals surface area contributed by atoms with Gasteiger partial charge < -0.3 is 15.4 Å². The lowest BCUT2D eigenvalue weighted by Gasteiger charge is -2.10. The molecule has 1 aliphatic carbocycles. The van der Waals surface area contributed by atoms with E-state index >= 15 is 0 Å². The van der Waals surface area contributed by atoms with Gasteiger partial charge in [-0.2, -0.15) is 0 Å². The molecule has 0 aromatic carbocycles. The Morgan fingerprint density at radius 2 is 2.29 bits per heavy atom. The summed E-state index contributed by atoms with van der Waals surface area (Å²) in [7, 11) is 1.69. The van der Waals surface area contributed by atoms with Crippen LogP contribution in [0.4, 0.5) is 0 Å². The molecular formula is C10H20N2O2. The predicted molar refractivity (Wildman–Crippen MR) is 55.1 cm³/mol. The van der Waals surface area contributed by atoms with E-state index in [1.54, 1.807) is 7.11 Å². The lowest BCUT2D eigenvalue weighted by Crippen LogP contribution is -2.32. The third kappa shape index (κ3) is 5.19. The Morgan fingerprint density at radius 3 is 2.86 bits per heavy atom. The van der Waals surface area contributed by atoms with Crippen LogP contribution in [0.1, 0.15) is 26.2 Å². The number of hydrogen-bond donors (Lipinski definition) is 2. The van der Waals surface area contributed by atoms with Crippen molar-refractivity contribution in [1.29, 1.82) is 0 Å². The van der Waals surface area contributed by atoms with Crippen molar-refractivity contribution < 1.29 is 9.53 Å². The van der Waals surface area contributed by atoms with Gasteiger partial charge in [-0.15, -0.1) is 0 Å². The van der Waals surface area contributed by atoms with Crippen molar-refractivity contribution in [3.63, 3.8) is 0 Å². The highest BCUT2D eigenvalue weighted by molar-refractivity contribution is 5.76. The number of methoxy groups -OCH3 is 1. The number of rotatable bonds is 7. The summed E-state index contributed by atoms with van der Waals surface area (Å²) in [5.41, 5.74) is 0. The van der Waals surface area contributed by atoms with E-state index in [1.807, 2.05) is 6.92 Å². The zero-order valence-electron chi connectivity index (χ0n) is 9.01. The van der Waals surface area contributed by atoms with Crippen LogP contribution in [-0.2, 0) is 9.53 Å². The van der Waals surface area contributed by atoms with E-state index in [2.05, 4.69) is 10.6 Å². The Hall–Kier alpha value is -0.610. The summed E-state index contributed by atoms with van der Waals surface area (Å²) >= 11 is 0. The van der Waals surface area contributed by atoms with E-state index in [9.17, 15) is 4.79 Å². The van der Waals surface area contributed by atoms with Crippen molar-refractivity contribution in [2.24, 2.45) is 0 Å². The summed E-state index contributed by atoms with van der Waals surface area (Å²) in [6, 6.07) is 0.473. The average molecular weight is 200 g/mol. The van der Waals surface area contributed by atoms with E-state index < -0.39 is 0 Å². The zero-order chi connectivity index (χ0) is 10.4. The fourth-order valence-corrected chi connectivity index (χ4v) is 1.12. The lowest BCUT2D eigenvalue weighted by molar-refractivity contribution is -0.121. The van der Waals surface area contributed by atoms with Gasteiger partial charge in [-0.1, -0.05) is 0 Å². The molecule has 82 valence electrons. The van der Waals surface area contributed by atoms with Crippen LogP contribution in [0.25, 0.3) is 0 Å². The molecule has 1 saturated carbocycles. The molecule has 1 amide bonds. The van der Waals surface area contributed by atoms with Crippen LogP contribution in [0.2, 0.25) is 0 Å². The molecule has 0 saturated heterocycles. The molecule has 0 aromatic rings. The highest BCUT2D eigenvalue weighted by Crippen LogP contribution is 2.18. The van der Waals surface area contributed by atoms with Crippen LogP contribution in [-0.4, -0.2) is 38.3 Å². The Morgan fingerprint density at radius 1 is 1.57 bits per heavy atom. The molecule has 0 aliphatic heterocycles. The maximum atomic E-state index is 11.2. The molecule has 1 aliphatic rings. The van der Waals surface area contributed by atoms with E-state index in [4.69, 9.17) is 4.74 Å². The number of amides is 1. The Balaban J connectivity index is 1.89. The Bertz CT molecular complexity index is 181. The van der Waals surface area contributed by atoms with Gasteiger partial charge >= 0.3 is 0 Å². The maximum absolute atomic E-state index is 11.2. The predicted octanol–water partition coefficient (Wildman–Crippen LogP) is 0.280. The van der Waals surface area contributed by atoms with E-state index in [0.717, 1.165) is 25.9 Å². The molecule has 0 radical (unpaired) electrons. The summed E-state index contributed by atoms with van der Waals surface area (Å²) < 4.78 is 5.07.